The van der Waals surface area contributed by atoms with E-state index in [4.69, 9.17) is 5.73 Å². The molecule has 0 unspecified atom stereocenters. The number of nitrogens with one attached hydrogen (secondary N) is 3. The van der Waals surface area contributed by atoms with Gasteiger partial charge in [-0.1, -0.05) is 30.3 Å². The zero-order valence-corrected chi connectivity index (χ0v) is 16.5. The molecule has 2 aromatic carbocycles. The average Bonchev–Trinajstić information content (AvgIpc) is 3.11. The third-order valence-electron chi connectivity index (χ3n) is 4.94. The molecule has 0 saturated carbocycles. The maximum Gasteiger partial charge on any atom is 0.254 e. The van der Waals surface area contributed by atoms with E-state index in [2.05, 4.69) is 38.1 Å². The normalized spacial score (nSPS) is 14.6. The molecule has 1 aliphatic rings. The molecule has 8 nitrogen and oxygen atoms in total. The number of fused-ring (bicyclic) bond motifs is 1. The lowest BCUT2D eigenvalue weighted by Crippen LogP contribution is -2.18. The van der Waals surface area contributed by atoms with Gasteiger partial charge < -0.3 is 21.7 Å². The van der Waals surface area contributed by atoms with Crippen LogP contribution in [0, 0.1) is 0 Å². The highest BCUT2D eigenvalue weighted by Gasteiger charge is 2.24. The van der Waals surface area contributed by atoms with Gasteiger partial charge in [0.25, 0.3) is 5.91 Å². The lowest BCUT2D eigenvalue weighted by atomic mass is 10.1. The summed E-state index contributed by atoms with van der Waals surface area (Å²) in [7, 11) is 0. The number of primary amides is 1. The quantitative estimate of drug-likeness (QED) is 0.501. The van der Waals surface area contributed by atoms with Gasteiger partial charge in [0.05, 0.1) is 11.6 Å². The number of anilines is 4. The van der Waals surface area contributed by atoms with Crippen LogP contribution in [0.25, 0.3) is 0 Å². The fraction of sp³-hybridized carbons (Fsp3) is 0.182. The third kappa shape index (κ3) is 4.22. The van der Waals surface area contributed by atoms with Crippen molar-refractivity contribution in [1.82, 2.24) is 9.97 Å². The molecule has 2 amide bonds. The van der Waals surface area contributed by atoms with Crippen LogP contribution in [-0.4, -0.2) is 21.8 Å². The van der Waals surface area contributed by atoms with Crippen LogP contribution >= 0.6 is 0 Å². The molecule has 0 saturated heterocycles. The van der Waals surface area contributed by atoms with Gasteiger partial charge in [0.2, 0.25) is 11.9 Å². The molecule has 0 spiro atoms. The molecule has 0 radical (unpaired) electrons. The Kier molecular flexibility index (Phi) is 5.30. The Morgan fingerprint density at radius 3 is 2.70 bits per heavy atom. The van der Waals surface area contributed by atoms with Crippen LogP contribution < -0.4 is 21.7 Å². The second kappa shape index (κ2) is 8.20. The first-order valence-corrected chi connectivity index (χ1v) is 9.65. The Balaban J connectivity index is 1.59. The molecule has 0 bridgehead atoms. The smallest absolute Gasteiger partial charge is 0.254 e. The first-order valence-electron chi connectivity index (χ1n) is 9.65. The van der Waals surface area contributed by atoms with Gasteiger partial charge in [0.15, 0.2) is 0 Å². The number of hydrogen-bond acceptors (Lipinski definition) is 6. The van der Waals surface area contributed by atoms with Crippen molar-refractivity contribution in [3.63, 3.8) is 0 Å². The number of aryl methyl sites for hydroxylation is 1. The number of carbonyl (C=O) groups excluding carboxylic acids is 2. The number of nitrogens with two attached hydrogens (primary N) is 1. The monoisotopic (exact) mass is 402 g/mol. The van der Waals surface area contributed by atoms with Gasteiger partial charge in [-0.05, 0) is 42.2 Å². The number of amides is 2. The van der Waals surface area contributed by atoms with Crippen molar-refractivity contribution < 1.29 is 9.59 Å². The SMILES string of the molecule is CC(=O)Nc1cccc(Nc2ncc(C(N)=O)c(N[C@H]3CCc4ccccc43)n2)c1. The maximum absolute atomic E-state index is 11.9. The summed E-state index contributed by atoms with van der Waals surface area (Å²) in [5.41, 5.74) is 9.61. The van der Waals surface area contributed by atoms with E-state index in [1.54, 1.807) is 18.2 Å². The van der Waals surface area contributed by atoms with E-state index in [9.17, 15) is 9.59 Å². The number of hydrogen-bond donors (Lipinski definition) is 4. The van der Waals surface area contributed by atoms with Crippen LogP contribution in [0.1, 0.15) is 40.9 Å². The minimum Gasteiger partial charge on any atom is -0.365 e. The fourth-order valence-electron chi connectivity index (χ4n) is 3.61. The van der Waals surface area contributed by atoms with Crippen molar-refractivity contribution in [3.8, 4) is 0 Å². The van der Waals surface area contributed by atoms with E-state index in [1.165, 1.54) is 24.2 Å². The molecule has 8 heteroatoms. The lowest BCUT2D eigenvalue weighted by Gasteiger charge is -2.17. The van der Waals surface area contributed by atoms with Gasteiger partial charge >= 0.3 is 0 Å². The standard InChI is InChI=1S/C22H22N6O2/c1-13(29)25-15-6-4-7-16(11-15)26-22-24-12-18(20(23)30)21(28-22)27-19-10-9-14-5-2-3-8-17(14)19/h2-8,11-12,19H,9-10H2,1H3,(H2,23,30)(H,25,29)(H2,24,26,27,28)/t19-/m0/s1. The Morgan fingerprint density at radius 1 is 1.10 bits per heavy atom. The van der Waals surface area contributed by atoms with Crippen molar-refractivity contribution >= 4 is 35.0 Å². The largest absolute Gasteiger partial charge is 0.365 e. The molecule has 5 N–H and O–H groups in total. The molecule has 4 rings (SSSR count). The molecule has 1 heterocycles. The van der Waals surface area contributed by atoms with Crippen molar-refractivity contribution in [3.05, 3.63) is 71.4 Å². The van der Waals surface area contributed by atoms with E-state index in [1.807, 2.05) is 18.2 Å². The summed E-state index contributed by atoms with van der Waals surface area (Å²) >= 11 is 0. The van der Waals surface area contributed by atoms with Crippen molar-refractivity contribution in [1.29, 1.82) is 0 Å². The lowest BCUT2D eigenvalue weighted by molar-refractivity contribution is -0.114. The molecule has 1 atom stereocenters. The second-order valence-corrected chi connectivity index (χ2v) is 7.14. The summed E-state index contributed by atoms with van der Waals surface area (Å²) in [6, 6.07) is 15.5. The third-order valence-corrected chi connectivity index (χ3v) is 4.94. The van der Waals surface area contributed by atoms with Crippen LogP contribution in [0.2, 0.25) is 0 Å². The Labute approximate surface area is 173 Å². The number of nitrogens with zero attached hydrogens (tertiary/aromatic N) is 2. The molecule has 1 aromatic heterocycles. The molecule has 30 heavy (non-hydrogen) atoms. The molecule has 1 aliphatic carbocycles. The fourth-order valence-corrected chi connectivity index (χ4v) is 3.61. The second-order valence-electron chi connectivity index (χ2n) is 7.14. The van der Waals surface area contributed by atoms with E-state index in [0.29, 0.717) is 23.1 Å². The van der Waals surface area contributed by atoms with E-state index < -0.39 is 5.91 Å². The van der Waals surface area contributed by atoms with E-state index in [-0.39, 0.29) is 17.5 Å². The first kappa shape index (κ1) is 19.4. The van der Waals surface area contributed by atoms with E-state index >= 15 is 0 Å². The predicted octanol–water partition coefficient (Wildman–Crippen LogP) is 3.38. The highest BCUT2D eigenvalue weighted by Crippen LogP contribution is 2.34. The van der Waals surface area contributed by atoms with Crippen molar-refractivity contribution in [2.75, 3.05) is 16.0 Å². The Morgan fingerprint density at radius 2 is 1.90 bits per heavy atom. The molecule has 152 valence electrons. The zero-order valence-electron chi connectivity index (χ0n) is 16.5. The highest BCUT2D eigenvalue weighted by atomic mass is 16.1. The molecular formula is C22H22N6O2. The summed E-state index contributed by atoms with van der Waals surface area (Å²) in [5, 5.41) is 9.19. The molecular weight excluding hydrogens is 380 g/mol. The van der Waals surface area contributed by atoms with Gasteiger partial charge in [0.1, 0.15) is 5.82 Å². The summed E-state index contributed by atoms with van der Waals surface area (Å²) in [5.74, 6) is -0.0472. The number of rotatable bonds is 6. The summed E-state index contributed by atoms with van der Waals surface area (Å²) < 4.78 is 0. The minimum absolute atomic E-state index is 0.0464. The van der Waals surface area contributed by atoms with Crippen molar-refractivity contribution in [2.24, 2.45) is 5.73 Å². The zero-order chi connectivity index (χ0) is 21.1. The number of aromatic nitrogens is 2. The van der Waals surface area contributed by atoms with Crippen LogP contribution in [0.3, 0.4) is 0 Å². The number of benzene rings is 2. The van der Waals surface area contributed by atoms with Crippen LogP contribution in [0.5, 0.6) is 0 Å². The maximum atomic E-state index is 11.9. The summed E-state index contributed by atoms with van der Waals surface area (Å²) in [6.45, 7) is 1.45. The summed E-state index contributed by atoms with van der Waals surface area (Å²) in [6.07, 6.45) is 3.29. The van der Waals surface area contributed by atoms with Gasteiger partial charge in [-0.2, -0.15) is 4.98 Å². The molecule has 0 fully saturated rings. The van der Waals surface area contributed by atoms with Crippen LogP contribution in [-0.2, 0) is 11.2 Å². The first-order chi connectivity index (χ1) is 14.5. The molecule has 0 aliphatic heterocycles. The Hall–Kier alpha value is -3.94. The van der Waals surface area contributed by atoms with E-state index in [0.717, 1.165) is 12.8 Å². The number of carbonyl (C=O) groups is 2. The van der Waals surface area contributed by atoms with Crippen LogP contribution in [0.15, 0.2) is 54.7 Å². The average molecular weight is 402 g/mol. The van der Waals surface area contributed by atoms with Gasteiger partial charge in [-0.15, -0.1) is 0 Å². The van der Waals surface area contributed by atoms with Gasteiger partial charge in [-0.25, -0.2) is 4.98 Å². The van der Waals surface area contributed by atoms with Gasteiger partial charge in [0, 0.05) is 24.5 Å². The Bertz CT molecular complexity index is 1110. The summed E-state index contributed by atoms with van der Waals surface area (Å²) in [4.78, 5) is 31.9. The topological polar surface area (TPSA) is 122 Å². The predicted molar refractivity (Wildman–Crippen MR) is 116 cm³/mol. The minimum atomic E-state index is -0.594. The van der Waals surface area contributed by atoms with Gasteiger partial charge in [-0.3, -0.25) is 9.59 Å². The van der Waals surface area contributed by atoms with Crippen LogP contribution in [0.4, 0.5) is 23.1 Å². The highest BCUT2D eigenvalue weighted by molar-refractivity contribution is 5.97. The molecule has 3 aromatic rings. The van der Waals surface area contributed by atoms with Crippen molar-refractivity contribution in [2.45, 2.75) is 25.8 Å².